The van der Waals surface area contributed by atoms with Gasteiger partial charge >= 0.3 is 0 Å². The van der Waals surface area contributed by atoms with E-state index in [4.69, 9.17) is 4.52 Å². The largest absolute Gasteiger partial charge is 0.411 e. The van der Waals surface area contributed by atoms with E-state index in [1.54, 1.807) is 0 Å². The fourth-order valence-corrected chi connectivity index (χ4v) is 4.00. The summed E-state index contributed by atoms with van der Waals surface area (Å²) in [4.78, 5) is 0. The molecular weight excluding hydrogens is 272 g/mol. The average Bonchev–Trinajstić information content (AvgIpc) is 2.82. The SMILES string of the molecule is CCCc1noc2c1/C(=N/O)C[C@@H](C[C@H](C)SCC)C2. The van der Waals surface area contributed by atoms with Gasteiger partial charge in [-0.1, -0.05) is 37.5 Å². The van der Waals surface area contributed by atoms with E-state index < -0.39 is 0 Å². The molecule has 1 aromatic heterocycles. The molecule has 1 aliphatic carbocycles. The Hall–Kier alpha value is -0.970. The van der Waals surface area contributed by atoms with Crippen molar-refractivity contribution in [3.8, 4) is 0 Å². The van der Waals surface area contributed by atoms with Gasteiger partial charge in [-0.15, -0.1) is 0 Å². The lowest BCUT2D eigenvalue weighted by Crippen LogP contribution is -2.23. The van der Waals surface area contributed by atoms with Crippen LogP contribution in [0.15, 0.2) is 9.68 Å². The van der Waals surface area contributed by atoms with E-state index in [1.807, 2.05) is 11.8 Å². The summed E-state index contributed by atoms with van der Waals surface area (Å²) >= 11 is 1.98. The molecule has 0 unspecified atom stereocenters. The summed E-state index contributed by atoms with van der Waals surface area (Å²) in [5, 5.41) is 17.6. The first-order valence-corrected chi connectivity index (χ1v) is 8.54. The third-order valence-corrected chi connectivity index (χ3v) is 4.90. The van der Waals surface area contributed by atoms with Gasteiger partial charge in [0.25, 0.3) is 0 Å². The lowest BCUT2D eigenvalue weighted by molar-refractivity contribution is 0.310. The Labute approximate surface area is 125 Å². The summed E-state index contributed by atoms with van der Waals surface area (Å²) in [6.45, 7) is 6.57. The van der Waals surface area contributed by atoms with Crippen molar-refractivity contribution in [3.05, 3.63) is 17.0 Å². The maximum absolute atomic E-state index is 9.32. The standard InChI is InChI=1S/C15H24N2O2S/c1-4-6-12-15-13(16-18)8-11(7-10(3)20-5-2)9-14(15)19-17-12/h10-11,18H,4-9H2,1-3H3/b16-13+/t10-,11+/m0/s1. The molecule has 1 heterocycles. The number of hydrogen-bond donors (Lipinski definition) is 1. The molecule has 112 valence electrons. The van der Waals surface area contributed by atoms with E-state index in [0.717, 1.165) is 60.6 Å². The first-order valence-electron chi connectivity index (χ1n) is 7.49. The second-order valence-corrected chi connectivity index (χ2v) is 7.22. The van der Waals surface area contributed by atoms with Crippen LogP contribution in [0.25, 0.3) is 0 Å². The van der Waals surface area contributed by atoms with Gasteiger partial charge in [-0.2, -0.15) is 11.8 Å². The summed E-state index contributed by atoms with van der Waals surface area (Å²) < 4.78 is 5.49. The van der Waals surface area contributed by atoms with Crippen molar-refractivity contribution in [2.24, 2.45) is 11.1 Å². The van der Waals surface area contributed by atoms with Crippen LogP contribution in [0.5, 0.6) is 0 Å². The van der Waals surface area contributed by atoms with Crippen LogP contribution in [0, 0.1) is 5.92 Å². The molecule has 2 atom stereocenters. The van der Waals surface area contributed by atoms with Crippen LogP contribution in [-0.4, -0.2) is 27.1 Å². The molecule has 0 amide bonds. The van der Waals surface area contributed by atoms with Crippen molar-refractivity contribution in [2.75, 3.05) is 5.75 Å². The van der Waals surface area contributed by atoms with E-state index in [1.165, 1.54) is 0 Å². The maximum atomic E-state index is 9.32. The van der Waals surface area contributed by atoms with Crippen LogP contribution in [0.1, 0.15) is 57.1 Å². The van der Waals surface area contributed by atoms with Gasteiger partial charge in [-0.3, -0.25) is 0 Å². The van der Waals surface area contributed by atoms with Crippen LogP contribution in [0.2, 0.25) is 0 Å². The second-order valence-electron chi connectivity index (χ2n) is 5.50. The lowest BCUT2D eigenvalue weighted by Gasteiger charge is -2.24. The second kappa shape index (κ2) is 7.16. The van der Waals surface area contributed by atoms with Crippen LogP contribution in [0.4, 0.5) is 0 Å². The van der Waals surface area contributed by atoms with Gasteiger partial charge in [0, 0.05) is 11.7 Å². The van der Waals surface area contributed by atoms with E-state index in [-0.39, 0.29) is 0 Å². The zero-order chi connectivity index (χ0) is 14.5. The smallest absolute Gasteiger partial charge is 0.146 e. The Morgan fingerprint density at radius 3 is 2.90 bits per heavy atom. The summed E-state index contributed by atoms with van der Waals surface area (Å²) in [5.41, 5.74) is 2.68. The molecule has 1 aromatic rings. The molecule has 0 saturated carbocycles. The number of thioether (sulfide) groups is 1. The zero-order valence-electron chi connectivity index (χ0n) is 12.6. The Kier molecular flexibility index (Phi) is 5.52. The molecule has 0 radical (unpaired) electrons. The first kappa shape index (κ1) is 15.4. The highest BCUT2D eigenvalue weighted by Crippen LogP contribution is 2.33. The predicted octanol–water partition coefficient (Wildman–Crippen LogP) is 3.90. The number of hydrogen-bond acceptors (Lipinski definition) is 5. The highest BCUT2D eigenvalue weighted by Gasteiger charge is 2.31. The molecule has 0 aliphatic heterocycles. The fraction of sp³-hybridized carbons (Fsp3) is 0.733. The van der Waals surface area contributed by atoms with Gasteiger partial charge in [-0.05, 0) is 30.9 Å². The van der Waals surface area contributed by atoms with Gasteiger partial charge < -0.3 is 9.73 Å². The molecule has 1 N–H and O–H groups in total. The molecule has 0 fully saturated rings. The average molecular weight is 296 g/mol. The van der Waals surface area contributed by atoms with Gasteiger partial charge in [-0.25, -0.2) is 0 Å². The highest BCUT2D eigenvalue weighted by atomic mass is 32.2. The predicted molar refractivity (Wildman–Crippen MR) is 82.8 cm³/mol. The van der Waals surface area contributed by atoms with Crippen molar-refractivity contribution in [1.29, 1.82) is 0 Å². The van der Waals surface area contributed by atoms with Crippen molar-refractivity contribution in [2.45, 2.75) is 58.1 Å². The summed E-state index contributed by atoms with van der Waals surface area (Å²) in [7, 11) is 0. The molecule has 2 rings (SSSR count). The lowest BCUT2D eigenvalue weighted by atomic mass is 9.83. The summed E-state index contributed by atoms with van der Waals surface area (Å²) in [6.07, 6.45) is 4.77. The Balaban J connectivity index is 2.14. The van der Waals surface area contributed by atoms with Crippen molar-refractivity contribution in [3.63, 3.8) is 0 Å². The number of rotatable bonds is 6. The third-order valence-electron chi connectivity index (χ3n) is 3.80. The number of fused-ring (bicyclic) bond motifs is 1. The normalized spacial score (nSPS) is 21.9. The van der Waals surface area contributed by atoms with Gasteiger partial charge in [0.15, 0.2) is 0 Å². The van der Waals surface area contributed by atoms with Crippen molar-refractivity contribution in [1.82, 2.24) is 5.16 Å². The third kappa shape index (κ3) is 3.37. The van der Waals surface area contributed by atoms with E-state index in [0.29, 0.717) is 11.2 Å². The molecule has 5 heteroatoms. The topological polar surface area (TPSA) is 58.6 Å². The quantitative estimate of drug-likeness (QED) is 0.639. The molecule has 0 aromatic carbocycles. The maximum Gasteiger partial charge on any atom is 0.146 e. The number of aryl methyl sites for hydroxylation is 1. The number of aromatic nitrogens is 1. The van der Waals surface area contributed by atoms with E-state index in [2.05, 4.69) is 31.1 Å². The molecule has 20 heavy (non-hydrogen) atoms. The Morgan fingerprint density at radius 1 is 1.45 bits per heavy atom. The van der Waals surface area contributed by atoms with Crippen molar-refractivity contribution < 1.29 is 9.73 Å². The van der Waals surface area contributed by atoms with Crippen LogP contribution < -0.4 is 0 Å². The summed E-state index contributed by atoms with van der Waals surface area (Å²) in [5.74, 6) is 2.54. The highest BCUT2D eigenvalue weighted by molar-refractivity contribution is 7.99. The van der Waals surface area contributed by atoms with Gasteiger partial charge in [0.2, 0.25) is 0 Å². The minimum atomic E-state index is 0.491. The summed E-state index contributed by atoms with van der Waals surface area (Å²) in [6, 6.07) is 0. The van der Waals surface area contributed by atoms with Crippen LogP contribution in [-0.2, 0) is 12.8 Å². The monoisotopic (exact) mass is 296 g/mol. The Morgan fingerprint density at radius 2 is 2.25 bits per heavy atom. The van der Waals surface area contributed by atoms with Crippen LogP contribution in [0.3, 0.4) is 0 Å². The molecule has 0 bridgehead atoms. The minimum absolute atomic E-state index is 0.491. The minimum Gasteiger partial charge on any atom is -0.411 e. The first-order chi connectivity index (χ1) is 9.69. The fourth-order valence-electron chi connectivity index (χ4n) is 3.03. The van der Waals surface area contributed by atoms with Gasteiger partial charge in [0.1, 0.15) is 5.76 Å². The van der Waals surface area contributed by atoms with Crippen molar-refractivity contribution >= 4 is 17.5 Å². The van der Waals surface area contributed by atoms with Gasteiger partial charge in [0.05, 0.1) is 17.0 Å². The molecule has 0 spiro atoms. The molecule has 1 aliphatic rings. The number of nitrogens with zero attached hydrogens (tertiary/aromatic N) is 2. The van der Waals surface area contributed by atoms with E-state index >= 15 is 0 Å². The zero-order valence-corrected chi connectivity index (χ0v) is 13.4. The molecule has 0 saturated heterocycles. The molecular formula is C15H24N2O2S. The van der Waals surface area contributed by atoms with E-state index in [9.17, 15) is 5.21 Å². The molecule has 4 nitrogen and oxygen atoms in total. The number of oxime groups is 1. The van der Waals surface area contributed by atoms with Crippen LogP contribution >= 0.6 is 11.8 Å². The Bertz CT molecular complexity index is 470.